The summed E-state index contributed by atoms with van der Waals surface area (Å²) in [6, 6.07) is 0. The van der Waals surface area contributed by atoms with E-state index >= 15 is 0 Å². The number of amides is 1. The van der Waals surface area contributed by atoms with Gasteiger partial charge in [0.15, 0.2) is 0 Å². The predicted molar refractivity (Wildman–Crippen MR) is 33.4 cm³/mol. The van der Waals surface area contributed by atoms with Gasteiger partial charge in [-0.1, -0.05) is 0 Å². The largest absolute Gasteiger partial charge is 0.295 e. The lowest BCUT2D eigenvalue weighted by molar-refractivity contribution is -0.119. The first kappa shape index (κ1) is 9.48. The number of nitrogens with two attached hydrogens (primary N) is 1. The van der Waals surface area contributed by atoms with Crippen molar-refractivity contribution in [1.29, 1.82) is 0 Å². The maximum atomic E-state index is 9.58. The van der Waals surface area contributed by atoms with Gasteiger partial charge in [0.25, 0.3) is 0 Å². The van der Waals surface area contributed by atoms with E-state index in [0.29, 0.717) is 0 Å². The molecule has 0 aromatic heterocycles. The van der Waals surface area contributed by atoms with Crippen LogP contribution < -0.4 is 11.3 Å². The van der Waals surface area contributed by atoms with E-state index in [1.165, 1.54) is 6.92 Å². The Hall–Kier alpha value is 0.160. The minimum atomic E-state index is -0.218. The lowest BCUT2D eigenvalue weighted by Crippen LogP contribution is -2.26. The molecule has 6 heavy (non-hydrogen) atoms. The van der Waals surface area contributed by atoms with Crippen LogP contribution in [0.3, 0.4) is 0 Å². The second-order valence-electron chi connectivity index (χ2n) is 0.701. The molecule has 0 fully saturated rings. The SMILES string of the molecule is CC(=O)NN.I. The summed E-state index contributed by atoms with van der Waals surface area (Å²) in [7, 11) is 0. The Labute approximate surface area is 53.3 Å². The van der Waals surface area contributed by atoms with Gasteiger partial charge in [-0.25, -0.2) is 5.84 Å². The van der Waals surface area contributed by atoms with Crippen molar-refractivity contribution in [2.24, 2.45) is 5.84 Å². The van der Waals surface area contributed by atoms with Gasteiger partial charge in [0, 0.05) is 6.92 Å². The Morgan fingerprint density at radius 2 is 2.00 bits per heavy atom. The molecule has 3 N–H and O–H groups in total. The molecule has 0 spiro atoms. The van der Waals surface area contributed by atoms with E-state index in [2.05, 4.69) is 5.84 Å². The highest BCUT2D eigenvalue weighted by molar-refractivity contribution is 14.0. The molecule has 0 aliphatic carbocycles. The Balaban J connectivity index is 0. The highest BCUT2D eigenvalue weighted by Gasteiger charge is 1.73. The van der Waals surface area contributed by atoms with Crippen LogP contribution in [0.2, 0.25) is 0 Å². The van der Waals surface area contributed by atoms with E-state index < -0.39 is 0 Å². The molecule has 0 bridgehead atoms. The summed E-state index contributed by atoms with van der Waals surface area (Å²) < 4.78 is 0. The van der Waals surface area contributed by atoms with Crippen LogP contribution >= 0.6 is 24.0 Å². The number of rotatable bonds is 0. The van der Waals surface area contributed by atoms with Crippen LogP contribution in [0.15, 0.2) is 0 Å². The first-order valence-corrected chi connectivity index (χ1v) is 1.24. The van der Waals surface area contributed by atoms with Crippen LogP contribution in [0.1, 0.15) is 6.92 Å². The summed E-state index contributed by atoms with van der Waals surface area (Å²) in [5, 5.41) is 0. The van der Waals surface area contributed by atoms with E-state index in [9.17, 15) is 4.79 Å². The second kappa shape index (κ2) is 5.16. The topological polar surface area (TPSA) is 55.1 Å². The number of carbonyl (C=O) groups is 1. The third-order valence-electron chi connectivity index (χ3n) is 0.203. The molecule has 38 valence electrons. The van der Waals surface area contributed by atoms with E-state index in [4.69, 9.17) is 0 Å². The zero-order chi connectivity index (χ0) is 4.28. The standard InChI is InChI=1S/C2H6N2O.HI/c1-2(5)4-3;/h3H2,1H3,(H,4,5);1H. The molecule has 0 aliphatic rings. The summed E-state index contributed by atoms with van der Waals surface area (Å²) in [5.41, 5.74) is 1.89. The first-order chi connectivity index (χ1) is 2.27. The minimum absolute atomic E-state index is 0. The number of nitrogens with one attached hydrogen (secondary N) is 1. The zero-order valence-electron chi connectivity index (χ0n) is 3.39. The van der Waals surface area contributed by atoms with Crippen LogP contribution in [0, 0.1) is 0 Å². The second-order valence-corrected chi connectivity index (χ2v) is 0.701. The van der Waals surface area contributed by atoms with E-state index in [1.54, 1.807) is 0 Å². The molecule has 0 saturated heterocycles. The van der Waals surface area contributed by atoms with Gasteiger partial charge in [0.05, 0.1) is 0 Å². The summed E-state index contributed by atoms with van der Waals surface area (Å²) in [6.07, 6.45) is 0. The quantitative estimate of drug-likeness (QED) is 0.243. The lowest BCUT2D eigenvalue weighted by atomic mass is 10.8. The molecule has 0 unspecified atom stereocenters. The molecule has 3 nitrogen and oxygen atoms in total. The molecule has 0 aliphatic heterocycles. The van der Waals surface area contributed by atoms with E-state index in [-0.39, 0.29) is 29.9 Å². The van der Waals surface area contributed by atoms with Crippen LogP contribution in [0.25, 0.3) is 0 Å². The fraction of sp³-hybridized carbons (Fsp3) is 0.500. The summed E-state index contributed by atoms with van der Waals surface area (Å²) in [5.74, 6) is 4.35. The van der Waals surface area contributed by atoms with Gasteiger partial charge in [0.2, 0.25) is 5.91 Å². The van der Waals surface area contributed by atoms with Crippen molar-refractivity contribution in [1.82, 2.24) is 5.43 Å². The normalized spacial score (nSPS) is 5.67. The van der Waals surface area contributed by atoms with Gasteiger partial charge < -0.3 is 0 Å². The smallest absolute Gasteiger partial charge is 0.230 e. The summed E-state index contributed by atoms with van der Waals surface area (Å²) >= 11 is 0. The third kappa shape index (κ3) is 8.90. The fourth-order valence-corrected chi connectivity index (χ4v) is 0. The van der Waals surface area contributed by atoms with Gasteiger partial charge in [0.1, 0.15) is 0 Å². The molecule has 0 atom stereocenters. The third-order valence-corrected chi connectivity index (χ3v) is 0.203. The van der Waals surface area contributed by atoms with Crippen LogP contribution in [0.4, 0.5) is 0 Å². The van der Waals surface area contributed by atoms with Crippen LogP contribution in [-0.4, -0.2) is 5.91 Å². The van der Waals surface area contributed by atoms with Gasteiger partial charge in [-0.05, 0) is 0 Å². The molecular formula is C2H7IN2O. The molecule has 0 saturated carbocycles. The molecule has 0 aromatic rings. The fourth-order valence-electron chi connectivity index (χ4n) is 0. The lowest BCUT2D eigenvalue weighted by Gasteiger charge is -1.80. The van der Waals surface area contributed by atoms with Crippen molar-refractivity contribution >= 4 is 29.9 Å². The number of halogens is 1. The van der Waals surface area contributed by atoms with Crippen molar-refractivity contribution in [3.63, 3.8) is 0 Å². The first-order valence-electron chi connectivity index (χ1n) is 1.24. The van der Waals surface area contributed by atoms with Crippen molar-refractivity contribution in [2.75, 3.05) is 0 Å². The predicted octanol–water partition coefficient (Wildman–Crippen LogP) is -0.386. The van der Waals surface area contributed by atoms with E-state index in [1.807, 2.05) is 5.43 Å². The zero-order valence-corrected chi connectivity index (χ0v) is 5.72. The van der Waals surface area contributed by atoms with Crippen molar-refractivity contribution in [2.45, 2.75) is 6.92 Å². The molecule has 0 rings (SSSR count). The highest BCUT2D eigenvalue weighted by Crippen LogP contribution is 1.41. The average molecular weight is 202 g/mol. The average Bonchev–Trinajstić information content (AvgIpc) is 1.38. The maximum Gasteiger partial charge on any atom is 0.230 e. The number of hydrazine groups is 1. The van der Waals surface area contributed by atoms with Gasteiger partial charge in [-0.2, -0.15) is 0 Å². The molecule has 0 aromatic carbocycles. The Bertz CT molecular complexity index is 46.8. The Kier molecular flexibility index (Phi) is 8.15. The van der Waals surface area contributed by atoms with Gasteiger partial charge >= 0.3 is 0 Å². The van der Waals surface area contributed by atoms with Crippen molar-refractivity contribution in [3.8, 4) is 0 Å². The number of hydrogen-bond donors (Lipinski definition) is 2. The molecule has 0 heterocycles. The minimum Gasteiger partial charge on any atom is -0.295 e. The van der Waals surface area contributed by atoms with Gasteiger partial charge in [-0.15, -0.1) is 24.0 Å². The Morgan fingerprint density at radius 1 is 1.83 bits per heavy atom. The molecule has 4 heteroatoms. The Morgan fingerprint density at radius 3 is 2.00 bits per heavy atom. The molecule has 1 amide bonds. The molecule has 0 radical (unpaired) electrons. The van der Waals surface area contributed by atoms with Crippen LogP contribution in [-0.2, 0) is 4.79 Å². The van der Waals surface area contributed by atoms with Crippen molar-refractivity contribution < 1.29 is 4.79 Å². The summed E-state index contributed by atoms with van der Waals surface area (Å²) in [6.45, 7) is 1.35. The summed E-state index contributed by atoms with van der Waals surface area (Å²) in [4.78, 5) is 9.58. The van der Waals surface area contributed by atoms with Gasteiger partial charge in [-0.3, -0.25) is 10.2 Å². The highest BCUT2D eigenvalue weighted by atomic mass is 127. The molecular weight excluding hydrogens is 195 g/mol. The van der Waals surface area contributed by atoms with Crippen molar-refractivity contribution in [3.05, 3.63) is 0 Å². The number of carbonyl (C=O) groups excluding carboxylic acids is 1. The van der Waals surface area contributed by atoms with Crippen LogP contribution in [0.5, 0.6) is 0 Å². The van der Waals surface area contributed by atoms with E-state index in [0.717, 1.165) is 0 Å². The monoisotopic (exact) mass is 202 g/mol. The maximum absolute atomic E-state index is 9.58. The number of hydrogen-bond acceptors (Lipinski definition) is 2.